The third-order valence-corrected chi connectivity index (χ3v) is 4.75. The Hall–Kier alpha value is -1.94. The molecule has 0 spiro atoms. The first-order valence-corrected chi connectivity index (χ1v) is 8.62. The molecular formula is C23H22IN. The normalized spacial score (nSPS) is 13.2. The second-order valence-corrected chi connectivity index (χ2v) is 6.53. The summed E-state index contributed by atoms with van der Waals surface area (Å²) in [6.45, 7) is 4.20. The molecule has 3 aromatic rings. The van der Waals surface area contributed by atoms with E-state index in [4.69, 9.17) is 0 Å². The van der Waals surface area contributed by atoms with Crippen LogP contribution in [-0.4, -0.2) is 16.8 Å². The maximum absolute atomic E-state index is 2.53. The smallest absolute Gasteiger partial charge is 0.215 e. The fourth-order valence-corrected chi connectivity index (χ4v) is 3.59. The van der Waals surface area contributed by atoms with Crippen molar-refractivity contribution in [1.29, 1.82) is 0 Å². The molecule has 0 saturated heterocycles. The summed E-state index contributed by atoms with van der Waals surface area (Å²) in [5, 5.41) is 0. The summed E-state index contributed by atoms with van der Waals surface area (Å²) in [5.41, 5.74) is 8.23. The Morgan fingerprint density at radius 3 is 2.24 bits per heavy atom. The Labute approximate surface area is 167 Å². The lowest BCUT2D eigenvalue weighted by molar-refractivity contribution is -0.544. The molecule has 0 unspecified atom stereocenters. The summed E-state index contributed by atoms with van der Waals surface area (Å²) < 4.78 is 2.53. The van der Waals surface area contributed by atoms with Gasteiger partial charge in [-0.15, -0.1) is 0 Å². The zero-order chi connectivity index (χ0) is 16.4. The minimum Gasteiger partial charge on any atom is -1.00 e. The molecule has 2 heteroatoms. The molecular weight excluding hydrogens is 417 g/mol. The summed E-state index contributed by atoms with van der Waals surface area (Å²) >= 11 is 0. The number of hydrogen-bond acceptors (Lipinski definition) is 0. The van der Waals surface area contributed by atoms with E-state index in [9.17, 15) is 0 Å². The van der Waals surface area contributed by atoms with Crippen molar-refractivity contribution in [3.05, 3.63) is 107 Å². The number of aryl methyl sites for hydroxylation is 1. The van der Waals surface area contributed by atoms with Crippen molar-refractivity contribution in [3.8, 4) is 0 Å². The van der Waals surface area contributed by atoms with Crippen molar-refractivity contribution in [2.45, 2.75) is 19.9 Å². The van der Waals surface area contributed by atoms with Crippen LogP contribution in [0.3, 0.4) is 0 Å². The van der Waals surface area contributed by atoms with Gasteiger partial charge in [0, 0.05) is 23.1 Å². The Bertz CT molecular complexity index is 882. The zero-order valence-corrected chi connectivity index (χ0v) is 16.6. The Morgan fingerprint density at radius 1 is 0.840 bits per heavy atom. The van der Waals surface area contributed by atoms with Crippen LogP contribution in [0, 0.1) is 6.92 Å². The fourth-order valence-electron chi connectivity index (χ4n) is 3.59. The van der Waals surface area contributed by atoms with Gasteiger partial charge in [0.25, 0.3) is 0 Å². The van der Waals surface area contributed by atoms with Crippen LogP contribution in [0.25, 0.3) is 0 Å². The zero-order valence-electron chi connectivity index (χ0n) is 14.5. The number of halogens is 1. The fraction of sp³-hybridized carbons (Fsp3) is 0.174. The van der Waals surface area contributed by atoms with Crippen molar-refractivity contribution < 1.29 is 28.6 Å². The lowest BCUT2D eigenvalue weighted by atomic mass is 9.91. The highest BCUT2D eigenvalue weighted by Gasteiger charge is 2.27. The Morgan fingerprint density at radius 2 is 1.52 bits per heavy atom. The Kier molecular flexibility index (Phi) is 5.69. The first kappa shape index (κ1) is 17.9. The molecule has 0 N–H and O–H groups in total. The minimum atomic E-state index is 0. The number of nitrogens with zero attached hydrogens (tertiary/aromatic N) is 1. The first-order chi connectivity index (χ1) is 11.8. The lowest BCUT2D eigenvalue weighted by Gasteiger charge is -2.19. The molecule has 1 nitrogen and oxygen atoms in total. The molecule has 25 heavy (non-hydrogen) atoms. The molecule has 0 atom stereocenters. The van der Waals surface area contributed by atoms with E-state index in [1.165, 1.54) is 33.5 Å². The van der Waals surface area contributed by atoms with Gasteiger partial charge in [-0.3, -0.25) is 0 Å². The van der Waals surface area contributed by atoms with Gasteiger partial charge in [0.2, 0.25) is 5.71 Å². The van der Waals surface area contributed by atoms with Crippen molar-refractivity contribution in [2.24, 2.45) is 0 Å². The SMILES string of the molecule is Cc1ccc2c(c1)CC[N+](Cc1ccccc1)=C2c1ccccc1.[I-]. The van der Waals surface area contributed by atoms with Gasteiger partial charge in [-0.05, 0) is 30.7 Å². The predicted octanol–water partition coefficient (Wildman–Crippen LogP) is 1.61. The summed E-state index contributed by atoms with van der Waals surface area (Å²) in [4.78, 5) is 0. The van der Waals surface area contributed by atoms with Crippen LogP contribution in [0.5, 0.6) is 0 Å². The molecule has 0 fully saturated rings. The average molecular weight is 439 g/mol. The molecule has 0 saturated carbocycles. The summed E-state index contributed by atoms with van der Waals surface area (Å²) in [6.07, 6.45) is 1.11. The molecule has 1 aliphatic heterocycles. The van der Waals surface area contributed by atoms with E-state index in [-0.39, 0.29) is 24.0 Å². The van der Waals surface area contributed by atoms with Crippen LogP contribution < -0.4 is 24.0 Å². The third-order valence-electron chi connectivity index (χ3n) is 4.75. The van der Waals surface area contributed by atoms with Crippen LogP contribution in [0.4, 0.5) is 0 Å². The van der Waals surface area contributed by atoms with Crippen LogP contribution in [-0.2, 0) is 13.0 Å². The first-order valence-electron chi connectivity index (χ1n) is 8.62. The summed E-state index contributed by atoms with van der Waals surface area (Å²) in [5.74, 6) is 0. The van der Waals surface area contributed by atoms with Crippen molar-refractivity contribution in [1.82, 2.24) is 0 Å². The maximum atomic E-state index is 2.53. The molecule has 3 aromatic carbocycles. The Balaban J connectivity index is 0.00000182. The third kappa shape index (κ3) is 3.84. The topological polar surface area (TPSA) is 3.01 Å². The van der Waals surface area contributed by atoms with Crippen molar-refractivity contribution in [3.63, 3.8) is 0 Å². The molecule has 1 heterocycles. The van der Waals surface area contributed by atoms with Crippen LogP contribution in [0.15, 0.2) is 78.9 Å². The number of hydrogen-bond donors (Lipinski definition) is 0. The van der Waals surface area contributed by atoms with Crippen molar-refractivity contribution >= 4 is 5.71 Å². The van der Waals surface area contributed by atoms with E-state index in [1.807, 2.05) is 0 Å². The second-order valence-electron chi connectivity index (χ2n) is 6.53. The number of rotatable bonds is 3. The molecule has 0 aromatic heterocycles. The number of fused-ring (bicyclic) bond motifs is 1. The highest BCUT2D eigenvalue weighted by molar-refractivity contribution is 6.11. The van der Waals surface area contributed by atoms with E-state index in [0.29, 0.717) is 0 Å². The van der Waals surface area contributed by atoms with Gasteiger partial charge in [-0.2, -0.15) is 0 Å². The largest absolute Gasteiger partial charge is 1.00 e. The van der Waals surface area contributed by atoms with Crippen LogP contribution >= 0.6 is 0 Å². The van der Waals surface area contributed by atoms with Gasteiger partial charge in [0.05, 0.1) is 0 Å². The molecule has 1 aliphatic rings. The van der Waals surface area contributed by atoms with E-state index < -0.39 is 0 Å². The van der Waals surface area contributed by atoms with Gasteiger partial charge >= 0.3 is 0 Å². The molecule has 0 amide bonds. The molecule has 0 aliphatic carbocycles. The van der Waals surface area contributed by atoms with E-state index in [0.717, 1.165) is 19.5 Å². The number of benzene rings is 3. The van der Waals surface area contributed by atoms with Gasteiger partial charge in [-0.25, -0.2) is 4.58 Å². The van der Waals surface area contributed by atoms with Crippen LogP contribution in [0.2, 0.25) is 0 Å². The molecule has 126 valence electrons. The average Bonchev–Trinajstić information content (AvgIpc) is 2.63. The second kappa shape index (κ2) is 7.96. The predicted molar refractivity (Wildman–Crippen MR) is 99.8 cm³/mol. The highest BCUT2D eigenvalue weighted by atomic mass is 127. The molecule has 0 radical (unpaired) electrons. The summed E-state index contributed by atoms with van der Waals surface area (Å²) in [6, 6.07) is 28.4. The van der Waals surface area contributed by atoms with Gasteiger partial charge in [-0.1, -0.05) is 66.2 Å². The van der Waals surface area contributed by atoms with Gasteiger partial charge in [0.1, 0.15) is 6.54 Å². The minimum absolute atomic E-state index is 0. The van der Waals surface area contributed by atoms with Crippen LogP contribution in [0.1, 0.15) is 27.8 Å². The highest BCUT2D eigenvalue weighted by Crippen LogP contribution is 2.22. The van der Waals surface area contributed by atoms with E-state index in [2.05, 4.69) is 90.4 Å². The van der Waals surface area contributed by atoms with Gasteiger partial charge in [0.15, 0.2) is 6.54 Å². The standard InChI is InChI=1S/C23H22N.HI/c1-18-12-13-22-21(16-18)14-15-24(17-19-8-4-2-5-9-19)23(22)20-10-6-3-7-11-20;/h2-13,16H,14-15,17H2,1H3;1H/q+1;/p-1. The quantitative estimate of drug-likeness (QED) is 0.431. The van der Waals surface area contributed by atoms with Gasteiger partial charge < -0.3 is 24.0 Å². The lowest BCUT2D eigenvalue weighted by Crippen LogP contribution is -3.00. The maximum Gasteiger partial charge on any atom is 0.215 e. The monoisotopic (exact) mass is 439 g/mol. The van der Waals surface area contributed by atoms with E-state index in [1.54, 1.807) is 0 Å². The molecule has 4 rings (SSSR count). The van der Waals surface area contributed by atoms with E-state index >= 15 is 0 Å². The summed E-state index contributed by atoms with van der Waals surface area (Å²) in [7, 11) is 0. The van der Waals surface area contributed by atoms with Crippen molar-refractivity contribution in [2.75, 3.05) is 6.54 Å². The molecule has 0 bridgehead atoms.